The highest BCUT2D eigenvalue weighted by molar-refractivity contribution is 8.18. The van der Waals surface area contributed by atoms with Gasteiger partial charge in [0, 0.05) is 0 Å². The Balaban J connectivity index is 5.29. The van der Waals surface area contributed by atoms with Crippen LogP contribution < -0.4 is 0 Å². The summed E-state index contributed by atoms with van der Waals surface area (Å²) in [6.07, 6.45) is 0. The van der Waals surface area contributed by atoms with Gasteiger partial charge in [-0.15, -0.1) is 0 Å². The maximum atomic E-state index is 12.4. The summed E-state index contributed by atoms with van der Waals surface area (Å²) in [5.74, 6) is 0. The molecule has 0 aliphatic heterocycles. The van der Waals surface area contributed by atoms with Crippen LogP contribution in [0.15, 0.2) is 0 Å². The van der Waals surface area contributed by atoms with Crippen LogP contribution in [0, 0.1) is 0 Å². The topological polar surface area (TPSA) is 44.8 Å². The van der Waals surface area contributed by atoms with Crippen molar-refractivity contribution in [1.82, 2.24) is 0 Å². The van der Waals surface area contributed by atoms with Gasteiger partial charge in [-0.1, -0.05) is 0 Å². The molecule has 0 aliphatic carbocycles. The molecule has 0 aliphatic rings. The second kappa shape index (κ2) is 6.21. The lowest BCUT2D eigenvalue weighted by atomic mass is 11.6. The standard InChI is InChI=1S/C10H27O4PSSi3/c1-17(2,3)12-10(11)15(16,13-18(4,5)6)14-19(7,8)9/h1-9H3. The van der Waals surface area contributed by atoms with Gasteiger partial charge in [-0.05, 0) is 70.7 Å². The van der Waals surface area contributed by atoms with Crippen molar-refractivity contribution < 1.29 is 17.6 Å². The first-order valence-corrected chi connectivity index (χ1v) is 19.2. The molecular formula is C10H27O4PSSi3. The van der Waals surface area contributed by atoms with Crippen LogP contribution in [0.1, 0.15) is 0 Å². The Bertz CT molecular complexity index is 362. The van der Waals surface area contributed by atoms with Crippen LogP contribution >= 0.6 is 6.49 Å². The summed E-state index contributed by atoms with van der Waals surface area (Å²) in [5.41, 5.74) is -0.452. The minimum Gasteiger partial charge on any atom is -0.513 e. The first kappa shape index (κ1) is 19.7. The van der Waals surface area contributed by atoms with Crippen LogP contribution in [-0.2, 0) is 24.7 Å². The van der Waals surface area contributed by atoms with Gasteiger partial charge >= 0.3 is 5.71 Å². The van der Waals surface area contributed by atoms with Crippen LogP contribution in [0.4, 0.5) is 4.79 Å². The Morgan fingerprint density at radius 2 is 1.11 bits per heavy atom. The van der Waals surface area contributed by atoms with Gasteiger partial charge in [0.25, 0.3) is 6.49 Å². The van der Waals surface area contributed by atoms with Gasteiger partial charge in [-0.25, -0.2) is 4.79 Å². The molecule has 0 aromatic carbocycles. The molecule has 0 fully saturated rings. The molecule has 0 rings (SSSR count). The number of carbonyl (C=O) groups is 1. The molecule has 0 aromatic rings. The summed E-state index contributed by atoms with van der Waals surface area (Å²) in [5, 5.41) is 0. The molecule has 0 unspecified atom stereocenters. The van der Waals surface area contributed by atoms with Crippen LogP contribution in [0.5, 0.6) is 0 Å². The van der Waals surface area contributed by atoms with E-state index in [9.17, 15) is 4.79 Å². The fourth-order valence-electron chi connectivity index (χ4n) is 1.13. The fraction of sp³-hybridized carbons (Fsp3) is 0.900. The normalized spacial score (nSPS) is 14.4. The SMILES string of the molecule is C[Si](C)(C)OC(=O)P(=S)(O[Si](C)(C)C)O[Si](C)(C)C. The van der Waals surface area contributed by atoms with Gasteiger partial charge in [-0.2, -0.15) is 0 Å². The Labute approximate surface area is 125 Å². The molecule has 0 radical (unpaired) electrons. The maximum Gasteiger partial charge on any atom is 0.375 e. The van der Waals surface area contributed by atoms with Crippen molar-refractivity contribution in [3.05, 3.63) is 0 Å². The third kappa shape index (κ3) is 9.28. The van der Waals surface area contributed by atoms with E-state index in [1.54, 1.807) is 0 Å². The Morgan fingerprint density at radius 3 is 1.32 bits per heavy atom. The van der Waals surface area contributed by atoms with E-state index in [4.69, 9.17) is 24.7 Å². The predicted molar refractivity (Wildman–Crippen MR) is 93.0 cm³/mol. The average Bonchev–Trinajstić information content (AvgIpc) is 1.91. The zero-order chi connectivity index (χ0) is 15.7. The second-order valence-electron chi connectivity index (χ2n) is 7.39. The van der Waals surface area contributed by atoms with Gasteiger partial charge < -0.3 is 12.9 Å². The van der Waals surface area contributed by atoms with E-state index in [0.717, 1.165) is 0 Å². The van der Waals surface area contributed by atoms with Crippen molar-refractivity contribution >= 4 is 49.0 Å². The molecule has 114 valence electrons. The molecule has 0 aromatic heterocycles. The zero-order valence-corrected chi connectivity index (χ0v) is 18.2. The zero-order valence-electron chi connectivity index (χ0n) is 13.5. The lowest BCUT2D eigenvalue weighted by Gasteiger charge is -2.33. The number of hydrogen-bond donors (Lipinski definition) is 0. The summed E-state index contributed by atoms with van der Waals surface area (Å²) < 4.78 is 17.4. The first-order chi connectivity index (χ1) is 8.04. The highest BCUT2D eigenvalue weighted by atomic mass is 32.5. The van der Waals surface area contributed by atoms with Gasteiger partial charge in [0.1, 0.15) is 0 Å². The quantitative estimate of drug-likeness (QED) is 0.495. The van der Waals surface area contributed by atoms with Gasteiger partial charge in [0.05, 0.1) is 0 Å². The van der Waals surface area contributed by atoms with E-state index in [1.165, 1.54) is 0 Å². The van der Waals surface area contributed by atoms with Crippen molar-refractivity contribution in [2.24, 2.45) is 0 Å². The molecule has 0 heterocycles. The molecule has 0 N–H and O–H groups in total. The highest BCUT2D eigenvalue weighted by Crippen LogP contribution is 2.55. The van der Waals surface area contributed by atoms with E-state index in [-0.39, 0.29) is 0 Å². The molecule has 0 bridgehead atoms. The van der Waals surface area contributed by atoms with Gasteiger partial charge in [-0.3, -0.25) is 0 Å². The van der Waals surface area contributed by atoms with Crippen molar-refractivity contribution in [3.8, 4) is 0 Å². The molecule has 0 saturated carbocycles. The molecule has 0 amide bonds. The molecule has 0 spiro atoms. The van der Waals surface area contributed by atoms with Crippen LogP contribution in [0.3, 0.4) is 0 Å². The third-order valence-corrected chi connectivity index (χ3v) is 11.0. The number of rotatable bonds is 6. The summed E-state index contributed by atoms with van der Waals surface area (Å²) >= 11 is 5.47. The number of carbonyl (C=O) groups excluding carboxylic acids is 1. The van der Waals surface area contributed by atoms with Crippen molar-refractivity contribution in [2.45, 2.75) is 58.9 Å². The Kier molecular flexibility index (Phi) is 6.44. The lowest BCUT2D eigenvalue weighted by molar-refractivity contribution is 0.219. The van der Waals surface area contributed by atoms with Crippen molar-refractivity contribution in [3.63, 3.8) is 0 Å². The molecule has 9 heteroatoms. The van der Waals surface area contributed by atoms with E-state index in [2.05, 4.69) is 0 Å². The predicted octanol–water partition coefficient (Wildman–Crippen LogP) is 4.97. The van der Waals surface area contributed by atoms with Gasteiger partial charge in [0.2, 0.25) is 8.32 Å². The van der Waals surface area contributed by atoms with E-state index < -0.39 is 37.2 Å². The second-order valence-corrected chi connectivity index (χ2v) is 24.5. The van der Waals surface area contributed by atoms with Gasteiger partial charge in [0.15, 0.2) is 16.6 Å². The maximum absolute atomic E-state index is 12.4. The van der Waals surface area contributed by atoms with Crippen LogP contribution in [0.2, 0.25) is 58.9 Å². The van der Waals surface area contributed by atoms with Crippen molar-refractivity contribution in [2.75, 3.05) is 0 Å². The Hall–Kier alpha value is 0.691. The number of hydrogen-bond acceptors (Lipinski definition) is 5. The molecule has 0 atom stereocenters. The molecular weight excluding hydrogens is 331 g/mol. The van der Waals surface area contributed by atoms with E-state index in [0.29, 0.717) is 0 Å². The van der Waals surface area contributed by atoms with Crippen molar-refractivity contribution in [1.29, 1.82) is 0 Å². The van der Waals surface area contributed by atoms with E-state index >= 15 is 0 Å². The molecule has 19 heavy (non-hydrogen) atoms. The highest BCUT2D eigenvalue weighted by Gasteiger charge is 2.41. The van der Waals surface area contributed by atoms with Crippen LogP contribution in [-0.4, -0.2) is 30.7 Å². The Morgan fingerprint density at radius 1 is 0.789 bits per heavy atom. The third-order valence-electron chi connectivity index (χ3n) is 1.41. The monoisotopic (exact) mass is 358 g/mol. The van der Waals surface area contributed by atoms with E-state index in [1.807, 2.05) is 58.9 Å². The summed E-state index contributed by atoms with van der Waals surface area (Å²) in [4.78, 5) is 12.4. The average molecular weight is 359 g/mol. The minimum absolute atomic E-state index is 0.452. The first-order valence-electron chi connectivity index (χ1n) is 6.29. The smallest absolute Gasteiger partial charge is 0.375 e. The molecule has 4 nitrogen and oxygen atoms in total. The fourth-order valence-corrected chi connectivity index (χ4v) is 14.1. The molecule has 0 saturated heterocycles. The summed E-state index contributed by atoms with van der Waals surface area (Å²) in [6, 6.07) is 0. The minimum atomic E-state index is -3.02. The lowest BCUT2D eigenvalue weighted by Crippen LogP contribution is -2.35. The largest absolute Gasteiger partial charge is 0.513 e. The summed E-state index contributed by atoms with van der Waals surface area (Å²) in [6.45, 7) is 14.9. The van der Waals surface area contributed by atoms with Crippen LogP contribution in [0.25, 0.3) is 0 Å². The summed E-state index contributed by atoms with van der Waals surface area (Å²) in [7, 11) is -5.95.